The Hall–Kier alpha value is -2.34. The molecule has 6 heteroatoms. The number of esters is 1. The zero-order valence-corrected chi connectivity index (χ0v) is 18.9. The van der Waals surface area contributed by atoms with Gasteiger partial charge in [-0.1, -0.05) is 25.8 Å². The van der Waals surface area contributed by atoms with Crippen molar-refractivity contribution in [3.8, 4) is 5.75 Å². The summed E-state index contributed by atoms with van der Waals surface area (Å²) < 4.78 is 12.0. The van der Waals surface area contributed by atoms with Crippen molar-refractivity contribution in [3.05, 3.63) is 58.1 Å². The number of aryl methyl sites for hydroxylation is 1. The van der Waals surface area contributed by atoms with Crippen molar-refractivity contribution < 1.29 is 19.1 Å². The number of hydrogen-bond donors (Lipinski definition) is 1. The highest BCUT2D eigenvalue weighted by Gasteiger charge is 2.18. The number of nitrogens with one attached hydrogen (secondary N) is 1. The third-order valence-corrected chi connectivity index (χ3v) is 5.74. The Morgan fingerprint density at radius 3 is 2.47 bits per heavy atom. The van der Waals surface area contributed by atoms with E-state index in [4.69, 9.17) is 9.47 Å². The number of anilines is 1. The number of carbonyl (C=O) groups excluding carboxylic acids is 2. The van der Waals surface area contributed by atoms with Gasteiger partial charge in [-0.25, -0.2) is 4.79 Å². The maximum absolute atomic E-state index is 12.3. The molecule has 0 spiro atoms. The fraction of sp³-hybridized carbons (Fsp3) is 0.417. The Kier molecular flexibility index (Phi) is 8.31. The number of halogens is 1. The second kappa shape index (κ2) is 11.2. The van der Waals surface area contributed by atoms with E-state index in [1.54, 1.807) is 24.3 Å². The van der Waals surface area contributed by atoms with Gasteiger partial charge in [-0.05, 0) is 90.0 Å². The van der Waals surface area contributed by atoms with E-state index in [-0.39, 0.29) is 24.6 Å². The van der Waals surface area contributed by atoms with Crippen LogP contribution in [0.4, 0.5) is 5.69 Å². The lowest BCUT2D eigenvalue weighted by Crippen LogP contribution is -2.21. The molecule has 2 aromatic rings. The first-order valence-corrected chi connectivity index (χ1v) is 11.4. The van der Waals surface area contributed by atoms with E-state index in [0.29, 0.717) is 17.0 Å². The third kappa shape index (κ3) is 6.59. The van der Waals surface area contributed by atoms with Gasteiger partial charge in [0, 0.05) is 5.69 Å². The first kappa shape index (κ1) is 22.3. The number of ether oxygens (including phenoxy) is 2. The van der Waals surface area contributed by atoms with Gasteiger partial charge in [0.15, 0.2) is 6.61 Å². The summed E-state index contributed by atoms with van der Waals surface area (Å²) >= 11 is 3.49. The van der Waals surface area contributed by atoms with Crippen molar-refractivity contribution in [3.63, 3.8) is 0 Å². The summed E-state index contributed by atoms with van der Waals surface area (Å²) in [6, 6.07) is 12.6. The standard InChI is InChI=1S/C24H28BrNO4/c1-2-6-17-9-14-22(21(25)15-17)29-16-23(27)26-19-12-10-18(11-13-19)24(28)30-20-7-4-3-5-8-20/h9-15,20H,2-8,16H2,1H3,(H,26,27). The van der Waals surface area contributed by atoms with E-state index in [2.05, 4.69) is 28.2 Å². The van der Waals surface area contributed by atoms with Crippen LogP contribution in [0.15, 0.2) is 46.9 Å². The molecule has 0 atom stereocenters. The van der Waals surface area contributed by atoms with Crippen molar-refractivity contribution in [2.24, 2.45) is 0 Å². The van der Waals surface area contributed by atoms with E-state index in [1.165, 1.54) is 12.0 Å². The van der Waals surface area contributed by atoms with Gasteiger partial charge in [-0.2, -0.15) is 0 Å². The molecule has 0 aromatic heterocycles. The lowest BCUT2D eigenvalue weighted by molar-refractivity contribution is -0.118. The first-order valence-electron chi connectivity index (χ1n) is 10.6. The highest BCUT2D eigenvalue weighted by atomic mass is 79.9. The molecule has 0 unspecified atom stereocenters. The van der Waals surface area contributed by atoms with Crippen LogP contribution < -0.4 is 10.1 Å². The first-order chi connectivity index (χ1) is 14.5. The van der Waals surface area contributed by atoms with E-state index < -0.39 is 0 Å². The number of benzene rings is 2. The minimum atomic E-state index is -0.306. The largest absolute Gasteiger partial charge is 0.483 e. The SMILES string of the molecule is CCCc1ccc(OCC(=O)Nc2ccc(C(=O)OC3CCCCC3)cc2)c(Br)c1. The van der Waals surface area contributed by atoms with Crippen LogP contribution in [-0.2, 0) is 16.0 Å². The smallest absolute Gasteiger partial charge is 0.338 e. The molecule has 0 bridgehead atoms. The molecule has 2 aromatic carbocycles. The molecular formula is C24H28BrNO4. The second-order valence-electron chi connectivity index (χ2n) is 7.59. The molecule has 30 heavy (non-hydrogen) atoms. The fourth-order valence-corrected chi connectivity index (χ4v) is 4.08. The second-order valence-corrected chi connectivity index (χ2v) is 8.45. The van der Waals surface area contributed by atoms with Crippen molar-refractivity contribution in [1.29, 1.82) is 0 Å². The van der Waals surface area contributed by atoms with Crippen LogP contribution in [0.3, 0.4) is 0 Å². The molecule has 0 radical (unpaired) electrons. The van der Waals surface area contributed by atoms with E-state index in [9.17, 15) is 9.59 Å². The lowest BCUT2D eigenvalue weighted by atomic mass is 9.98. The Labute approximate surface area is 186 Å². The molecule has 0 aliphatic heterocycles. The maximum Gasteiger partial charge on any atom is 0.338 e. The fourth-order valence-electron chi connectivity index (χ4n) is 3.54. The Bertz CT molecular complexity index is 860. The molecule has 0 heterocycles. The summed E-state index contributed by atoms with van der Waals surface area (Å²) in [6.45, 7) is 2.03. The predicted molar refractivity (Wildman–Crippen MR) is 121 cm³/mol. The van der Waals surface area contributed by atoms with Gasteiger partial charge >= 0.3 is 5.97 Å². The lowest BCUT2D eigenvalue weighted by Gasteiger charge is -2.21. The van der Waals surface area contributed by atoms with Gasteiger partial charge in [0.2, 0.25) is 0 Å². The van der Waals surface area contributed by atoms with Crippen molar-refractivity contribution >= 4 is 33.5 Å². The number of carbonyl (C=O) groups is 2. The van der Waals surface area contributed by atoms with Crippen molar-refractivity contribution in [2.75, 3.05) is 11.9 Å². The molecule has 1 amide bonds. The number of rotatable bonds is 8. The van der Waals surface area contributed by atoms with Gasteiger partial charge in [0.25, 0.3) is 5.91 Å². The Balaban J connectivity index is 1.47. The summed E-state index contributed by atoms with van der Waals surface area (Å²) in [4.78, 5) is 24.5. The topological polar surface area (TPSA) is 64.6 Å². The van der Waals surface area contributed by atoms with Crippen LogP contribution in [-0.4, -0.2) is 24.6 Å². The van der Waals surface area contributed by atoms with E-state index in [1.807, 2.05) is 18.2 Å². The van der Waals surface area contributed by atoms with Gasteiger partial charge in [0.1, 0.15) is 11.9 Å². The molecule has 1 aliphatic carbocycles. The third-order valence-electron chi connectivity index (χ3n) is 5.12. The zero-order valence-electron chi connectivity index (χ0n) is 17.3. The summed E-state index contributed by atoms with van der Waals surface area (Å²) in [5.74, 6) is 0.0577. The molecule has 1 aliphatic rings. The van der Waals surface area contributed by atoms with Crippen LogP contribution in [0.1, 0.15) is 61.4 Å². The van der Waals surface area contributed by atoms with Crippen LogP contribution in [0, 0.1) is 0 Å². The van der Waals surface area contributed by atoms with Gasteiger partial charge in [-0.3, -0.25) is 4.79 Å². The highest BCUT2D eigenvalue weighted by molar-refractivity contribution is 9.10. The Morgan fingerprint density at radius 1 is 1.07 bits per heavy atom. The summed E-state index contributed by atoms with van der Waals surface area (Å²) in [7, 11) is 0. The monoisotopic (exact) mass is 473 g/mol. The molecule has 5 nitrogen and oxygen atoms in total. The average Bonchev–Trinajstić information content (AvgIpc) is 2.74. The minimum Gasteiger partial charge on any atom is -0.483 e. The molecule has 0 saturated heterocycles. The molecule has 1 N–H and O–H groups in total. The molecule has 3 rings (SSSR count). The van der Waals surface area contributed by atoms with E-state index in [0.717, 1.165) is 43.0 Å². The molecule has 1 fully saturated rings. The van der Waals surface area contributed by atoms with Crippen LogP contribution in [0.25, 0.3) is 0 Å². The summed E-state index contributed by atoms with van der Waals surface area (Å²) in [5.41, 5.74) is 2.32. The number of hydrogen-bond acceptors (Lipinski definition) is 4. The predicted octanol–water partition coefficient (Wildman–Crippen LogP) is 5.91. The molecule has 160 valence electrons. The van der Waals surface area contributed by atoms with Gasteiger partial charge < -0.3 is 14.8 Å². The zero-order chi connectivity index (χ0) is 21.3. The van der Waals surface area contributed by atoms with Crippen LogP contribution in [0.2, 0.25) is 0 Å². The van der Waals surface area contributed by atoms with Gasteiger partial charge in [0.05, 0.1) is 10.0 Å². The summed E-state index contributed by atoms with van der Waals surface area (Å²) in [6.07, 6.45) is 7.44. The van der Waals surface area contributed by atoms with Crippen LogP contribution >= 0.6 is 15.9 Å². The number of amides is 1. The minimum absolute atomic E-state index is 0.0261. The molecule has 1 saturated carbocycles. The quantitative estimate of drug-likeness (QED) is 0.484. The molecular weight excluding hydrogens is 446 g/mol. The van der Waals surface area contributed by atoms with Crippen molar-refractivity contribution in [1.82, 2.24) is 0 Å². The summed E-state index contributed by atoms with van der Waals surface area (Å²) in [5, 5.41) is 2.78. The van der Waals surface area contributed by atoms with E-state index >= 15 is 0 Å². The van der Waals surface area contributed by atoms with Gasteiger partial charge in [-0.15, -0.1) is 0 Å². The highest BCUT2D eigenvalue weighted by Crippen LogP contribution is 2.26. The maximum atomic E-state index is 12.3. The Morgan fingerprint density at radius 2 is 1.80 bits per heavy atom. The van der Waals surface area contributed by atoms with Crippen molar-refractivity contribution in [2.45, 2.75) is 58.0 Å². The average molecular weight is 474 g/mol. The normalized spacial score (nSPS) is 14.2. The van der Waals surface area contributed by atoms with Crippen LogP contribution in [0.5, 0.6) is 5.75 Å².